The van der Waals surface area contributed by atoms with Crippen LogP contribution in [0.25, 0.3) is 5.76 Å². The van der Waals surface area contributed by atoms with Gasteiger partial charge in [0.1, 0.15) is 18.1 Å². The number of aliphatic hydroxyl groups is 1. The van der Waals surface area contributed by atoms with Crippen molar-refractivity contribution >= 4 is 23.1 Å². The lowest BCUT2D eigenvalue weighted by Crippen LogP contribution is -2.29. The van der Waals surface area contributed by atoms with Crippen molar-refractivity contribution in [3.05, 3.63) is 94.8 Å². The predicted octanol–water partition coefficient (Wildman–Crippen LogP) is 4.55. The molecule has 1 amide bonds. The first-order chi connectivity index (χ1) is 17.6. The van der Waals surface area contributed by atoms with Gasteiger partial charge in [0.25, 0.3) is 11.7 Å². The molecule has 0 saturated carbocycles. The molecule has 3 heterocycles. The standard InChI is InChI=1S/C27H22F3N3O4/c1-32-10-11-37-21-8-7-17(13-20(21)32)24(34)22-23(18-5-3-9-31-14-18)33(26(36)25(22)35)15-16-4-2-6-19(12-16)27(28,29)30/h2-9,12-14,23,34H,10-11,15H2,1H3/b24-22-. The average Bonchev–Trinajstić information content (AvgIpc) is 3.13. The van der Waals surface area contributed by atoms with Gasteiger partial charge in [-0.3, -0.25) is 14.6 Å². The number of fused-ring (bicyclic) bond motifs is 1. The van der Waals surface area contributed by atoms with Gasteiger partial charge < -0.3 is 19.6 Å². The number of benzene rings is 2. The summed E-state index contributed by atoms with van der Waals surface area (Å²) < 4.78 is 45.5. The Hall–Kier alpha value is -4.34. The number of aromatic nitrogens is 1. The molecule has 1 aromatic heterocycles. The van der Waals surface area contributed by atoms with E-state index in [4.69, 9.17) is 4.74 Å². The van der Waals surface area contributed by atoms with Crippen LogP contribution in [0, 0.1) is 0 Å². The number of Topliss-reactive ketones (excluding diaryl/α,β-unsaturated/α-hetero) is 1. The first-order valence-electron chi connectivity index (χ1n) is 11.5. The summed E-state index contributed by atoms with van der Waals surface area (Å²) in [5, 5.41) is 11.3. The molecule has 0 bridgehead atoms. The quantitative estimate of drug-likeness (QED) is 0.316. The van der Waals surface area contributed by atoms with Crippen LogP contribution < -0.4 is 9.64 Å². The van der Waals surface area contributed by atoms with E-state index in [0.717, 1.165) is 17.0 Å². The Kier molecular flexibility index (Phi) is 6.10. The van der Waals surface area contributed by atoms with Crippen LogP contribution in [0.4, 0.5) is 18.9 Å². The molecule has 1 unspecified atom stereocenters. The van der Waals surface area contributed by atoms with Gasteiger partial charge >= 0.3 is 6.18 Å². The summed E-state index contributed by atoms with van der Waals surface area (Å²) in [6.07, 6.45) is -1.59. The van der Waals surface area contributed by atoms with E-state index in [-0.39, 0.29) is 23.4 Å². The van der Waals surface area contributed by atoms with E-state index in [0.29, 0.717) is 35.7 Å². The van der Waals surface area contributed by atoms with Crippen LogP contribution in [0.2, 0.25) is 0 Å². The second-order valence-corrected chi connectivity index (χ2v) is 8.86. The van der Waals surface area contributed by atoms with E-state index in [9.17, 15) is 27.9 Å². The minimum absolute atomic E-state index is 0.163. The molecule has 190 valence electrons. The molecule has 1 N–H and O–H groups in total. The first-order valence-corrected chi connectivity index (χ1v) is 11.5. The highest BCUT2D eigenvalue weighted by Gasteiger charge is 2.46. The molecule has 37 heavy (non-hydrogen) atoms. The number of amides is 1. The maximum Gasteiger partial charge on any atom is 0.416 e. The molecule has 1 fully saturated rings. The summed E-state index contributed by atoms with van der Waals surface area (Å²) in [4.78, 5) is 33.6. The number of halogens is 3. The summed E-state index contributed by atoms with van der Waals surface area (Å²) in [6, 6.07) is 11.7. The van der Waals surface area contributed by atoms with Crippen molar-refractivity contribution in [3.8, 4) is 5.75 Å². The van der Waals surface area contributed by atoms with E-state index in [1.165, 1.54) is 24.5 Å². The van der Waals surface area contributed by atoms with Crippen LogP contribution in [-0.4, -0.2) is 46.9 Å². The Morgan fingerprint density at radius 3 is 2.68 bits per heavy atom. The third kappa shape index (κ3) is 4.50. The van der Waals surface area contributed by atoms with Crippen molar-refractivity contribution in [2.24, 2.45) is 0 Å². The molecule has 0 aliphatic carbocycles. The number of ether oxygens (including phenoxy) is 1. The molecule has 2 aromatic carbocycles. The Bertz CT molecular complexity index is 1410. The van der Waals surface area contributed by atoms with Crippen molar-refractivity contribution in [2.45, 2.75) is 18.8 Å². The van der Waals surface area contributed by atoms with Crippen molar-refractivity contribution in [3.63, 3.8) is 0 Å². The number of nitrogens with zero attached hydrogens (tertiary/aromatic N) is 3. The molecule has 10 heteroatoms. The molecule has 2 aliphatic rings. The molecule has 1 atom stereocenters. The second-order valence-electron chi connectivity index (χ2n) is 8.86. The monoisotopic (exact) mass is 509 g/mol. The summed E-state index contributed by atoms with van der Waals surface area (Å²) in [5.74, 6) is -1.62. The van der Waals surface area contributed by atoms with Crippen LogP contribution in [0.15, 0.2) is 72.6 Å². The first kappa shape index (κ1) is 24.4. The molecule has 5 rings (SSSR count). The number of anilines is 1. The lowest BCUT2D eigenvalue weighted by atomic mass is 9.95. The van der Waals surface area contributed by atoms with Gasteiger partial charge in [-0.25, -0.2) is 0 Å². The molecule has 2 aliphatic heterocycles. The van der Waals surface area contributed by atoms with Crippen LogP contribution >= 0.6 is 0 Å². The molecule has 0 spiro atoms. The molecular weight excluding hydrogens is 487 g/mol. The number of ketones is 1. The number of likely N-dealkylation sites (N-methyl/N-ethyl adjacent to an activating group) is 1. The zero-order valence-corrected chi connectivity index (χ0v) is 19.7. The van der Waals surface area contributed by atoms with Gasteiger partial charge in [-0.15, -0.1) is 0 Å². The largest absolute Gasteiger partial charge is 0.507 e. The predicted molar refractivity (Wildman–Crippen MR) is 129 cm³/mol. The maximum atomic E-state index is 13.3. The van der Waals surface area contributed by atoms with E-state index in [1.807, 2.05) is 11.9 Å². The number of rotatable bonds is 4. The zero-order chi connectivity index (χ0) is 26.3. The number of pyridine rings is 1. The summed E-state index contributed by atoms with van der Waals surface area (Å²) >= 11 is 0. The van der Waals surface area contributed by atoms with Gasteiger partial charge in [-0.2, -0.15) is 13.2 Å². The number of alkyl halides is 3. The van der Waals surface area contributed by atoms with Gasteiger partial charge in [0.2, 0.25) is 0 Å². The van der Waals surface area contributed by atoms with Crippen molar-refractivity contribution in [2.75, 3.05) is 25.1 Å². The smallest absolute Gasteiger partial charge is 0.416 e. The average molecular weight is 509 g/mol. The summed E-state index contributed by atoms with van der Waals surface area (Å²) in [7, 11) is 1.87. The highest BCUT2D eigenvalue weighted by molar-refractivity contribution is 6.46. The third-order valence-corrected chi connectivity index (χ3v) is 6.48. The minimum atomic E-state index is -4.56. The maximum absolute atomic E-state index is 13.3. The molecule has 7 nitrogen and oxygen atoms in total. The molecular formula is C27H22F3N3O4. The SMILES string of the molecule is CN1CCOc2ccc(/C(O)=C3/C(=O)C(=O)N(Cc4cccc(C(F)(F)F)c4)C3c3cccnc3)cc21. The van der Waals surface area contributed by atoms with E-state index in [2.05, 4.69) is 4.98 Å². The third-order valence-electron chi connectivity index (χ3n) is 6.48. The zero-order valence-electron chi connectivity index (χ0n) is 19.7. The number of carbonyl (C=O) groups is 2. The van der Waals surface area contributed by atoms with Crippen LogP contribution in [0.5, 0.6) is 5.75 Å². The Balaban J connectivity index is 1.60. The highest BCUT2D eigenvalue weighted by atomic mass is 19.4. The van der Waals surface area contributed by atoms with Crippen molar-refractivity contribution in [1.29, 1.82) is 0 Å². The van der Waals surface area contributed by atoms with E-state index < -0.39 is 29.5 Å². The molecule has 1 saturated heterocycles. The van der Waals surface area contributed by atoms with Crippen LogP contribution in [0.1, 0.15) is 28.3 Å². The number of aliphatic hydroxyl groups excluding tert-OH is 1. The van der Waals surface area contributed by atoms with Gasteiger partial charge in [0, 0.05) is 31.5 Å². The highest BCUT2D eigenvalue weighted by Crippen LogP contribution is 2.42. The van der Waals surface area contributed by atoms with Gasteiger partial charge in [0.05, 0.1) is 29.4 Å². The second kappa shape index (κ2) is 9.27. The van der Waals surface area contributed by atoms with Crippen LogP contribution in [0.3, 0.4) is 0 Å². The topological polar surface area (TPSA) is 83.0 Å². The van der Waals surface area contributed by atoms with Crippen molar-refractivity contribution < 1.29 is 32.6 Å². The molecule has 3 aromatic rings. The Morgan fingerprint density at radius 1 is 1.14 bits per heavy atom. The number of carbonyl (C=O) groups excluding carboxylic acids is 2. The lowest BCUT2D eigenvalue weighted by Gasteiger charge is -2.28. The lowest BCUT2D eigenvalue weighted by molar-refractivity contribution is -0.140. The van der Waals surface area contributed by atoms with Gasteiger partial charge in [0.15, 0.2) is 0 Å². The number of hydrogen-bond acceptors (Lipinski definition) is 6. The Labute approximate surface area is 210 Å². The normalized spacial score (nSPS) is 19.1. The van der Waals surface area contributed by atoms with Gasteiger partial charge in [-0.05, 0) is 47.5 Å². The fourth-order valence-electron chi connectivity index (χ4n) is 4.62. The minimum Gasteiger partial charge on any atom is -0.507 e. The van der Waals surface area contributed by atoms with E-state index >= 15 is 0 Å². The summed E-state index contributed by atoms with van der Waals surface area (Å²) in [6.45, 7) is 0.871. The molecule has 0 radical (unpaired) electrons. The number of hydrogen-bond donors (Lipinski definition) is 1. The fourth-order valence-corrected chi connectivity index (χ4v) is 4.62. The van der Waals surface area contributed by atoms with Crippen LogP contribution in [-0.2, 0) is 22.3 Å². The fraction of sp³-hybridized carbons (Fsp3) is 0.222. The Morgan fingerprint density at radius 2 is 1.95 bits per heavy atom. The van der Waals surface area contributed by atoms with Gasteiger partial charge in [-0.1, -0.05) is 18.2 Å². The summed E-state index contributed by atoms with van der Waals surface area (Å²) in [5.41, 5.74) is 0.629. The number of likely N-dealkylation sites (tertiary alicyclic amines) is 1. The van der Waals surface area contributed by atoms with E-state index in [1.54, 1.807) is 30.3 Å². The van der Waals surface area contributed by atoms with Crippen molar-refractivity contribution in [1.82, 2.24) is 9.88 Å².